The number of aromatic nitrogens is 1. The molecular formula is C19H22BrN3O. The maximum atomic E-state index is 13.0. The van der Waals surface area contributed by atoms with Gasteiger partial charge in [0, 0.05) is 28.6 Å². The molecule has 1 heterocycles. The zero-order chi connectivity index (χ0) is 17.3. The van der Waals surface area contributed by atoms with Crippen molar-refractivity contribution < 1.29 is 4.79 Å². The molecule has 4 nitrogen and oxygen atoms in total. The third kappa shape index (κ3) is 3.61. The number of pyridine rings is 1. The first-order chi connectivity index (χ1) is 11.5. The zero-order valence-electron chi connectivity index (χ0n) is 14.2. The van der Waals surface area contributed by atoms with E-state index in [0.29, 0.717) is 6.04 Å². The Hall–Kier alpha value is -1.88. The van der Waals surface area contributed by atoms with Crippen molar-refractivity contribution in [3.05, 3.63) is 57.8 Å². The number of urea groups is 1. The normalized spacial score (nSPS) is 15.0. The highest BCUT2D eigenvalue weighted by Gasteiger charge is 2.36. The van der Waals surface area contributed by atoms with E-state index in [9.17, 15) is 4.79 Å². The molecule has 0 saturated heterocycles. The highest BCUT2D eigenvalue weighted by molar-refractivity contribution is 9.10. The molecule has 1 unspecified atom stereocenters. The van der Waals surface area contributed by atoms with E-state index in [1.54, 1.807) is 6.20 Å². The molecule has 1 fully saturated rings. The van der Waals surface area contributed by atoms with Crippen molar-refractivity contribution in [2.75, 3.05) is 5.32 Å². The van der Waals surface area contributed by atoms with Crippen molar-refractivity contribution in [2.45, 2.75) is 45.7 Å². The van der Waals surface area contributed by atoms with Crippen molar-refractivity contribution in [1.29, 1.82) is 0 Å². The molecule has 24 heavy (non-hydrogen) atoms. The number of carbonyl (C=O) groups is 1. The lowest BCUT2D eigenvalue weighted by Gasteiger charge is -2.30. The first-order valence-corrected chi connectivity index (χ1v) is 9.02. The Bertz CT molecular complexity index is 721. The van der Waals surface area contributed by atoms with Crippen molar-refractivity contribution in [1.82, 2.24) is 9.88 Å². The molecule has 1 N–H and O–H groups in total. The second-order valence-corrected chi connectivity index (χ2v) is 7.36. The van der Waals surface area contributed by atoms with Crippen LogP contribution in [0.3, 0.4) is 0 Å². The van der Waals surface area contributed by atoms with Crippen LogP contribution in [0.4, 0.5) is 10.5 Å². The molecule has 1 aliphatic carbocycles. The molecule has 2 aromatic rings. The van der Waals surface area contributed by atoms with Crippen molar-refractivity contribution in [3.8, 4) is 0 Å². The van der Waals surface area contributed by atoms with E-state index in [1.807, 2.05) is 49.2 Å². The number of hydrogen-bond donors (Lipinski definition) is 1. The van der Waals surface area contributed by atoms with Crippen LogP contribution in [0.2, 0.25) is 0 Å². The number of carbonyl (C=O) groups excluding carboxylic acids is 1. The Morgan fingerprint density at radius 1 is 1.33 bits per heavy atom. The fourth-order valence-electron chi connectivity index (χ4n) is 3.07. The fourth-order valence-corrected chi connectivity index (χ4v) is 3.76. The Morgan fingerprint density at radius 3 is 2.54 bits per heavy atom. The number of amides is 2. The lowest BCUT2D eigenvalue weighted by molar-refractivity contribution is 0.189. The van der Waals surface area contributed by atoms with Gasteiger partial charge in [0.25, 0.3) is 0 Å². The largest absolute Gasteiger partial charge is 0.322 e. The van der Waals surface area contributed by atoms with Crippen LogP contribution in [-0.2, 0) is 0 Å². The Balaban J connectivity index is 1.84. The number of rotatable bonds is 4. The third-order valence-electron chi connectivity index (χ3n) is 4.49. The van der Waals surface area contributed by atoms with Crippen LogP contribution in [0.5, 0.6) is 0 Å². The van der Waals surface area contributed by atoms with E-state index in [0.717, 1.165) is 39.7 Å². The smallest absolute Gasteiger partial charge is 0.315 e. The minimum atomic E-state index is -0.0395. The minimum absolute atomic E-state index is 0.00209. The summed E-state index contributed by atoms with van der Waals surface area (Å²) in [5, 5.41) is 3.12. The van der Waals surface area contributed by atoms with Crippen LogP contribution in [0, 0.1) is 13.8 Å². The number of nitrogens with one attached hydrogen (secondary N) is 1. The second-order valence-electron chi connectivity index (χ2n) is 6.45. The maximum absolute atomic E-state index is 13.0. The topological polar surface area (TPSA) is 45.2 Å². The van der Waals surface area contributed by atoms with Crippen molar-refractivity contribution >= 4 is 27.6 Å². The molecule has 1 aliphatic rings. The Kier molecular flexibility index (Phi) is 4.90. The quantitative estimate of drug-likeness (QED) is 0.781. The van der Waals surface area contributed by atoms with Crippen LogP contribution < -0.4 is 5.32 Å². The van der Waals surface area contributed by atoms with Crippen LogP contribution in [0.15, 0.2) is 41.1 Å². The zero-order valence-corrected chi connectivity index (χ0v) is 15.8. The number of aryl methyl sites for hydroxylation is 2. The highest BCUT2D eigenvalue weighted by Crippen LogP contribution is 2.35. The van der Waals surface area contributed by atoms with Crippen molar-refractivity contribution in [3.63, 3.8) is 0 Å². The van der Waals surface area contributed by atoms with E-state index in [1.165, 1.54) is 0 Å². The van der Waals surface area contributed by atoms with Gasteiger partial charge in [-0.3, -0.25) is 4.98 Å². The Morgan fingerprint density at radius 2 is 2.00 bits per heavy atom. The van der Waals surface area contributed by atoms with Gasteiger partial charge in [0.15, 0.2) is 0 Å². The number of anilines is 1. The van der Waals surface area contributed by atoms with Crippen LogP contribution in [0.1, 0.15) is 42.5 Å². The maximum Gasteiger partial charge on any atom is 0.322 e. The predicted octanol–water partition coefficient (Wildman–Crippen LogP) is 5.22. The van der Waals surface area contributed by atoms with E-state index in [-0.39, 0.29) is 12.1 Å². The molecular weight excluding hydrogens is 366 g/mol. The average molecular weight is 388 g/mol. The second kappa shape index (κ2) is 6.93. The molecule has 0 spiro atoms. The van der Waals surface area contributed by atoms with Gasteiger partial charge in [0.2, 0.25) is 0 Å². The monoisotopic (exact) mass is 387 g/mol. The van der Waals surface area contributed by atoms with Gasteiger partial charge in [-0.2, -0.15) is 0 Å². The molecule has 1 aromatic carbocycles. The molecule has 1 aromatic heterocycles. The molecule has 2 amide bonds. The summed E-state index contributed by atoms with van der Waals surface area (Å²) < 4.78 is 1.03. The molecule has 0 radical (unpaired) electrons. The van der Waals surface area contributed by atoms with E-state index < -0.39 is 0 Å². The summed E-state index contributed by atoms with van der Waals surface area (Å²) in [5.41, 5.74) is 4.07. The van der Waals surface area contributed by atoms with Gasteiger partial charge in [-0.25, -0.2) is 4.79 Å². The lowest BCUT2D eigenvalue weighted by atomic mass is 10.1. The summed E-state index contributed by atoms with van der Waals surface area (Å²) in [4.78, 5) is 19.1. The summed E-state index contributed by atoms with van der Waals surface area (Å²) in [6.07, 6.45) is 5.72. The van der Waals surface area contributed by atoms with Gasteiger partial charge in [0.1, 0.15) is 0 Å². The van der Waals surface area contributed by atoms with Gasteiger partial charge in [0.05, 0.1) is 6.04 Å². The van der Waals surface area contributed by atoms with Gasteiger partial charge in [-0.05, 0) is 68.5 Å². The van der Waals surface area contributed by atoms with Gasteiger partial charge in [-0.15, -0.1) is 0 Å². The third-order valence-corrected chi connectivity index (χ3v) is 4.95. The number of halogens is 1. The summed E-state index contributed by atoms with van der Waals surface area (Å²) in [5.74, 6) is 0. The molecule has 1 saturated carbocycles. The summed E-state index contributed by atoms with van der Waals surface area (Å²) in [6, 6.07) is 8.26. The first kappa shape index (κ1) is 17.0. The number of benzene rings is 1. The number of hydrogen-bond acceptors (Lipinski definition) is 2. The summed E-state index contributed by atoms with van der Waals surface area (Å²) in [7, 11) is 0. The van der Waals surface area contributed by atoms with E-state index in [4.69, 9.17) is 0 Å². The molecule has 0 aliphatic heterocycles. The Labute approximate surface area is 151 Å². The molecule has 3 rings (SSSR count). The van der Waals surface area contributed by atoms with Gasteiger partial charge >= 0.3 is 6.03 Å². The molecule has 0 bridgehead atoms. The minimum Gasteiger partial charge on any atom is -0.315 e. The number of nitrogens with zero attached hydrogens (tertiary/aromatic N) is 2. The average Bonchev–Trinajstić information content (AvgIpc) is 3.36. The fraction of sp³-hybridized carbons (Fsp3) is 0.368. The predicted molar refractivity (Wildman–Crippen MR) is 100 cm³/mol. The van der Waals surface area contributed by atoms with E-state index in [2.05, 4.69) is 33.2 Å². The lowest BCUT2D eigenvalue weighted by Crippen LogP contribution is -2.39. The van der Waals surface area contributed by atoms with Gasteiger partial charge in [-0.1, -0.05) is 22.0 Å². The van der Waals surface area contributed by atoms with Crippen molar-refractivity contribution in [2.24, 2.45) is 0 Å². The SMILES string of the molecule is Cc1cc(Br)cc(C)c1NC(=O)N(C1CC1)C(C)c1cccnc1. The highest BCUT2D eigenvalue weighted by atomic mass is 79.9. The molecule has 5 heteroatoms. The van der Waals surface area contributed by atoms with Crippen LogP contribution >= 0.6 is 15.9 Å². The summed E-state index contributed by atoms with van der Waals surface area (Å²) in [6.45, 7) is 6.09. The van der Waals surface area contributed by atoms with Gasteiger partial charge < -0.3 is 10.2 Å². The first-order valence-electron chi connectivity index (χ1n) is 8.23. The molecule has 1 atom stereocenters. The standard InChI is InChI=1S/C19H22BrN3O/c1-12-9-16(20)10-13(2)18(12)22-19(24)23(17-6-7-17)14(3)15-5-4-8-21-11-15/h4-5,8-11,14,17H,6-7H2,1-3H3,(H,22,24). The molecule has 126 valence electrons. The van der Waals surface area contributed by atoms with Crippen LogP contribution in [0.25, 0.3) is 0 Å². The van der Waals surface area contributed by atoms with Crippen LogP contribution in [-0.4, -0.2) is 22.0 Å². The summed E-state index contributed by atoms with van der Waals surface area (Å²) >= 11 is 3.50. The van der Waals surface area contributed by atoms with E-state index >= 15 is 0 Å².